The number of hydrogen-bond donors (Lipinski definition) is 1. The number of likely N-dealkylation sites (N-methyl/N-ethyl adjacent to an activating group) is 1. The third-order valence-electron chi connectivity index (χ3n) is 3.74. The average molecular weight is 313 g/mol. The lowest BCUT2D eigenvalue weighted by Gasteiger charge is -2.27. The fraction of sp³-hybridized carbons (Fsp3) is 0.562. The Labute approximate surface area is 133 Å². The van der Waals surface area contributed by atoms with Crippen molar-refractivity contribution >= 4 is 18.3 Å². The number of benzene rings is 1. The number of piperidine rings is 1. The molecule has 21 heavy (non-hydrogen) atoms. The first-order chi connectivity index (χ1) is 9.66. The molecule has 0 bridgehead atoms. The van der Waals surface area contributed by atoms with Gasteiger partial charge in [0.15, 0.2) is 0 Å². The molecule has 4 nitrogen and oxygen atoms in total. The lowest BCUT2D eigenvalue weighted by Crippen LogP contribution is -2.42. The second-order valence-corrected chi connectivity index (χ2v) is 5.46. The highest BCUT2D eigenvalue weighted by molar-refractivity contribution is 5.85. The normalized spacial score (nSPS) is 17.7. The number of halogens is 1. The molecule has 1 heterocycles. The first-order valence-electron chi connectivity index (χ1n) is 7.32. The number of hydrogen-bond acceptors (Lipinski definition) is 3. The number of carbonyl (C=O) groups is 1. The SMILES string of the molecule is Cc1ccc(OCCN(C)C(=O)C2CCCNC2)cc1.Cl. The number of carbonyl (C=O) groups excluding carboxylic acids is 1. The quantitative estimate of drug-likeness (QED) is 0.907. The zero-order chi connectivity index (χ0) is 14.4. The molecule has 5 heteroatoms. The van der Waals surface area contributed by atoms with E-state index in [-0.39, 0.29) is 24.2 Å². The highest BCUT2D eigenvalue weighted by atomic mass is 35.5. The summed E-state index contributed by atoms with van der Waals surface area (Å²) in [6.07, 6.45) is 2.08. The zero-order valence-corrected chi connectivity index (χ0v) is 13.6. The zero-order valence-electron chi connectivity index (χ0n) is 12.8. The van der Waals surface area contributed by atoms with Gasteiger partial charge >= 0.3 is 0 Å². The Hall–Kier alpha value is -1.26. The minimum atomic E-state index is 0. The lowest BCUT2D eigenvalue weighted by molar-refractivity contribution is -0.135. The first kappa shape index (κ1) is 17.8. The van der Waals surface area contributed by atoms with Gasteiger partial charge in [-0.15, -0.1) is 12.4 Å². The van der Waals surface area contributed by atoms with Gasteiger partial charge in [0.1, 0.15) is 12.4 Å². The number of nitrogens with one attached hydrogen (secondary N) is 1. The molecule has 0 radical (unpaired) electrons. The van der Waals surface area contributed by atoms with Gasteiger partial charge < -0.3 is 15.0 Å². The van der Waals surface area contributed by atoms with Crippen LogP contribution in [0.5, 0.6) is 5.75 Å². The van der Waals surface area contributed by atoms with Crippen LogP contribution in [0, 0.1) is 12.8 Å². The van der Waals surface area contributed by atoms with Gasteiger partial charge in [0, 0.05) is 13.6 Å². The summed E-state index contributed by atoms with van der Waals surface area (Å²) in [6, 6.07) is 7.97. The van der Waals surface area contributed by atoms with Crippen molar-refractivity contribution in [3.05, 3.63) is 29.8 Å². The number of ether oxygens (including phenoxy) is 1. The third-order valence-corrected chi connectivity index (χ3v) is 3.74. The van der Waals surface area contributed by atoms with E-state index in [2.05, 4.69) is 12.2 Å². The summed E-state index contributed by atoms with van der Waals surface area (Å²) in [4.78, 5) is 14.0. The molecule has 118 valence electrons. The molecule has 1 N–H and O–H groups in total. The molecule has 1 fully saturated rings. The summed E-state index contributed by atoms with van der Waals surface area (Å²) in [5, 5.41) is 3.28. The molecular formula is C16H25ClN2O2. The van der Waals surface area contributed by atoms with E-state index in [0.29, 0.717) is 13.2 Å². The monoisotopic (exact) mass is 312 g/mol. The van der Waals surface area contributed by atoms with Crippen molar-refractivity contribution in [3.8, 4) is 5.75 Å². The topological polar surface area (TPSA) is 41.6 Å². The number of nitrogens with zero attached hydrogens (tertiary/aromatic N) is 1. The van der Waals surface area contributed by atoms with Crippen molar-refractivity contribution in [2.45, 2.75) is 19.8 Å². The molecule has 1 unspecified atom stereocenters. The molecule has 1 amide bonds. The summed E-state index contributed by atoms with van der Waals surface area (Å²) in [5.74, 6) is 1.22. The summed E-state index contributed by atoms with van der Waals surface area (Å²) < 4.78 is 5.66. The summed E-state index contributed by atoms with van der Waals surface area (Å²) >= 11 is 0. The summed E-state index contributed by atoms with van der Waals surface area (Å²) in [5.41, 5.74) is 1.22. The Balaban J connectivity index is 0.00000220. The highest BCUT2D eigenvalue weighted by Gasteiger charge is 2.23. The van der Waals surface area contributed by atoms with E-state index in [1.807, 2.05) is 31.3 Å². The minimum absolute atomic E-state index is 0. The van der Waals surface area contributed by atoms with Crippen LogP contribution in [0.2, 0.25) is 0 Å². The van der Waals surface area contributed by atoms with Crippen LogP contribution in [0.25, 0.3) is 0 Å². The number of amides is 1. The Morgan fingerprint density at radius 2 is 2.10 bits per heavy atom. The van der Waals surface area contributed by atoms with Gasteiger partial charge in [-0.3, -0.25) is 4.79 Å². The maximum absolute atomic E-state index is 12.2. The Morgan fingerprint density at radius 3 is 2.71 bits per heavy atom. The van der Waals surface area contributed by atoms with Crippen LogP contribution in [0.1, 0.15) is 18.4 Å². The molecule has 2 rings (SSSR count). The smallest absolute Gasteiger partial charge is 0.226 e. The molecule has 0 aliphatic carbocycles. The van der Waals surface area contributed by atoms with E-state index in [1.54, 1.807) is 4.90 Å². The van der Waals surface area contributed by atoms with Crippen LogP contribution >= 0.6 is 12.4 Å². The van der Waals surface area contributed by atoms with Crippen LogP contribution < -0.4 is 10.1 Å². The fourth-order valence-electron chi connectivity index (χ4n) is 2.42. The molecule has 0 saturated carbocycles. The van der Waals surface area contributed by atoms with E-state index in [9.17, 15) is 4.79 Å². The summed E-state index contributed by atoms with van der Waals surface area (Å²) in [6.45, 7) is 5.05. The van der Waals surface area contributed by atoms with E-state index in [1.165, 1.54) is 5.56 Å². The Morgan fingerprint density at radius 1 is 1.38 bits per heavy atom. The van der Waals surface area contributed by atoms with Gasteiger partial charge in [-0.25, -0.2) is 0 Å². The minimum Gasteiger partial charge on any atom is -0.492 e. The maximum Gasteiger partial charge on any atom is 0.226 e. The van der Waals surface area contributed by atoms with E-state index in [0.717, 1.165) is 31.7 Å². The maximum atomic E-state index is 12.2. The average Bonchev–Trinajstić information content (AvgIpc) is 2.49. The predicted octanol–water partition coefficient (Wildman–Crippen LogP) is 2.25. The largest absolute Gasteiger partial charge is 0.492 e. The molecule has 0 spiro atoms. The molecule has 1 atom stereocenters. The van der Waals surface area contributed by atoms with Gasteiger partial charge in [0.25, 0.3) is 0 Å². The van der Waals surface area contributed by atoms with Crippen LogP contribution in [-0.2, 0) is 4.79 Å². The lowest BCUT2D eigenvalue weighted by atomic mass is 9.98. The molecule has 1 aliphatic rings. The number of rotatable bonds is 5. The van der Waals surface area contributed by atoms with Crippen LogP contribution in [-0.4, -0.2) is 44.1 Å². The Bertz CT molecular complexity index is 430. The van der Waals surface area contributed by atoms with Crippen LogP contribution in [0.3, 0.4) is 0 Å². The van der Waals surface area contributed by atoms with E-state index in [4.69, 9.17) is 4.74 Å². The van der Waals surface area contributed by atoms with Gasteiger partial charge in [-0.1, -0.05) is 17.7 Å². The van der Waals surface area contributed by atoms with Gasteiger partial charge in [-0.2, -0.15) is 0 Å². The van der Waals surface area contributed by atoms with Crippen molar-refractivity contribution in [3.63, 3.8) is 0 Å². The van der Waals surface area contributed by atoms with Crippen molar-refractivity contribution in [2.75, 3.05) is 33.3 Å². The Kier molecular flexibility index (Phi) is 7.54. The molecule has 1 aliphatic heterocycles. The fourth-order valence-corrected chi connectivity index (χ4v) is 2.42. The van der Waals surface area contributed by atoms with Crippen molar-refractivity contribution in [1.82, 2.24) is 10.2 Å². The third kappa shape index (κ3) is 5.56. The summed E-state index contributed by atoms with van der Waals surface area (Å²) in [7, 11) is 1.86. The standard InChI is InChI=1S/C16H24N2O2.ClH/c1-13-5-7-15(8-6-13)20-11-10-18(2)16(19)14-4-3-9-17-12-14;/h5-8,14,17H,3-4,9-12H2,1-2H3;1H. The van der Waals surface area contributed by atoms with Crippen LogP contribution in [0.15, 0.2) is 24.3 Å². The van der Waals surface area contributed by atoms with Gasteiger partial charge in [0.05, 0.1) is 12.5 Å². The molecule has 1 aromatic rings. The van der Waals surface area contributed by atoms with Gasteiger partial charge in [0.2, 0.25) is 5.91 Å². The van der Waals surface area contributed by atoms with E-state index >= 15 is 0 Å². The molecular weight excluding hydrogens is 288 g/mol. The molecule has 1 saturated heterocycles. The number of aryl methyl sites for hydroxylation is 1. The molecule has 1 aromatic carbocycles. The highest BCUT2D eigenvalue weighted by Crippen LogP contribution is 2.13. The second kappa shape index (κ2) is 8.90. The van der Waals surface area contributed by atoms with Crippen molar-refractivity contribution < 1.29 is 9.53 Å². The van der Waals surface area contributed by atoms with Crippen LogP contribution in [0.4, 0.5) is 0 Å². The van der Waals surface area contributed by atoms with E-state index < -0.39 is 0 Å². The van der Waals surface area contributed by atoms with Crippen molar-refractivity contribution in [1.29, 1.82) is 0 Å². The second-order valence-electron chi connectivity index (χ2n) is 5.46. The predicted molar refractivity (Wildman–Crippen MR) is 87.2 cm³/mol. The van der Waals surface area contributed by atoms with Gasteiger partial charge in [-0.05, 0) is 38.4 Å². The van der Waals surface area contributed by atoms with Crippen molar-refractivity contribution in [2.24, 2.45) is 5.92 Å². The molecule has 0 aromatic heterocycles. The first-order valence-corrected chi connectivity index (χ1v) is 7.32.